The molecule has 2 aromatic carbocycles. The number of carbonyl (C=O) groups excluding carboxylic acids is 2. The summed E-state index contributed by atoms with van der Waals surface area (Å²) in [6.45, 7) is 4.70. The lowest BCUT2D eigenvalue weighted by Gasteiger charge is -2.15. The molecule has 0 radical (unpaired) electrons. The zero-order chi connectivity index (χ0) is 20.8. The molecule has 0 fully saturated rings. The molecule has 0 saturated heterocycles. The first-order chi connectivity index (χ1) is 14.0. The minimum Gasteiger partial charge on any atom is -0.497 e. The molecule has 1 heterocycles. The highest BCUT2D eigenvalue weighted by Crippen LogP contribution is 2.24. The maximum absolute atomic E-state index is 12.5. The highest BCUT2D eigenvalue weighted by Gasteiger charge is 2.18. The van der Waals surface area contributed by atoms with Gasteiger partial charge in [-0.15, -0.1) is 0 Å². The van der Waals surface area contributed by atoms with Gasteiger partial charge >= 0.3 is 0 Å². The maximum atomic E-state index is 12.5. The van der Waals surface area contributed by atoms with Crippen LogP contribution >= 0.6 is 0 Å². The monoisotopic (exact) mass is 395 g/mol. The van der Waals surface area contributed by atoms with Gasteiger partial charge in [0.1, 0.15) is 23.7 Å². The van der Waals surface area contributed by atoms with Crippen LogP contribution in [0.1, 0.15) is 41.4 Å². The minimum absolute atomic E-state index is 0.0791. The number of amides is 1. The van der Waals surface area contributed by atoms with Crippen molar-refractivity contribution >= 4 is 23.2 Å². The second kappa shape index (κ2) is 9.39. The van der Waals surface area contributed by atoms with Crippen LogP contribution in [-0.2, 0) is 16.1 Å². The Morgan fingerprint density at radius 1 is 1.17 bits per heavy atom. The Bertz CT molecular complexity index is 992. The highest BCUT2D eigenvalue weighted by molar-refractivity contribution is 5.97. The van der Waals surface area contributed by atoms with Crippen LogP contribution in [-0.4, -0.2) is 32.0 Å². The topological polar surface area (TPSA) is 77.8 Å². The smallest absolute Gasteiger partial charge is 0.287 e. The fourth-order valence-electron chi connectivity index (χ4n) is 3.14. The van der Waals surface area contributed by atoms with Gasteiger partial charge in [0.2, 0.25) is 0 Å². The van der Waals surface area contributed by atoms with Crippen LogP contribution < -0.4 is 10.1 Å². The summed E-state index contributed by atoms with van der Waals surface area (Å²) < 4.78 is 16.4. The van der Waals surface area contributed by atoms with E-state index in [0.717, 1.165) is 10.9 Å². The van der Waals surface area contributed by atoms with Gasteiger partial charge in [0.05, 0.1) is 20.3 Å². The molecule has 3 aromatic rings. The van der Waals surface area contributed by atoms with E-state index in [2.05, 4.69) is 25.2 Å². The van der Waals surface area contributed by atoms with E-state index in [1.165, 1.54) is 5.56 Å². The number of ether oxygens (including phenoxy) is 2. The molecule has 6 nitrogen and oxygen atoms in total. The summed E-state index contributed by atoms with van der Waals surface area (Å²) in [5.74, 6) is 0.711. The van der Waals surface area contributed by atoms with Crippen LogP contribution in [0.2, 0.25) is 0 Å². The summed E-state index contributed by atoms with van der Waals surface area (Å²) in [6, 6.07) is 14.2. The maximum Gasteiger partial charge on any atom is 0.287 e. The third-order valence-corrected chi connectivity index (χ3v) is 4.66. The number of fused-ring (bicyclic) bond motifs is 1. The van der Waals surface area contributed by atoms with Crippen molar-refractivity contribution in [1.29, 1.82) is 0 Å². The van der Waals surface area contributed by atoms with Crippen LogP contribution in [0.15, 0.2) is 52.9 Å². The second-order valence-electron chi connectivity index (χ2n) is 7.10. The van der Waals surface area contributed by atoms with Crippen molar-refractivity contribution in [2.24, 2.45) is 0 Å². The lowest BCUT2D eigenvalue weighted by atomic mass is 9.98. The van der Waals surface area contributed by atoms with E-state index in [1.807, 2.05) is 18.2 Å². The van der Waals surface area contributed by atoms with E-state index in [0.29, 0.717) is 30.1 Å². The number of carbonyl (C=O) groups is 2. The third kappa shape index (κ3) is 5.03. The van der Waals surface area contributed by atoms with Crippen molar-refractivity contribution in [3.63, 3.8) is 0 Å². The molecule has 1 aromatic heterocycles. The van der Waals surface area contributed by atoms with Gasteiger partial charge in [0, 0.05) is 5.39 Å². The fraction of sp³-hybridized carbons (Fsp3) is 0.304. The molecule has 0 aliphatic carbocycles. The molecule has 3 rings (SSSR count). The van der Waals surface area contributed by atoms with Gasteiger partial charge in [-0.2, -0.15) is 0 Å². The van der Waals surface area contributed by atoms with Crippen LogP contribution in [0.5, 0.6) is 5.75 Å². The van der Waals surface area contributed by atoms with E-state index in [-0.39, 0.29) is 12.4 Å². The van der Waals surface area contributed by atoms with Crippen molar-refractivity contribution < 1.29 is 23.5 Å². The molecular formula is C23H25NO5. The molecule has 1 N–H and O–H groups in total. The SMILES string of the molecule is COc1ccc2oc(C(=O)N[C@H](C=O)COCc3ccccc3C(C)C)cc2c1. The molecule has 0 spiro atoms. The van der Waals surface area contributed by atoms with Gasteiger partial charge in [-0.3, -0.25) is 4.79 Å². The Balaban J connectivity index is 1.60. The van der Waals surface area contributed by atoms with Crippen molar-refractivity contribution in [2.45, 2.75) is 32.4 Å². The molecule has 0 aliphatic heterocycles. The molecular weight excluding hydrogens is 370 g/mol. The Morgan fingerprint density at radius 3 is 2.69 bits per heavy atom. The van der Waals surface area contributed by atoms with E-state index in [1.54, 1.807) is 31.4 Å². The highest BCUT2D eigenvalue weighted by atomic mass is 16.5. The normalized spacial score (nSPS) is 12.1. The largest absolute Gasteiger partial charge is 0.497 e. The molecule has 1 atom stereocenters. The van der Waals surface area contributed by atoms with Crippen LogP contribution in [0, 0.1) is 0 Å². The Labute approximate surface area is 169 Å². The number of aldehydes is 1. The van der Waals surface area contributed by atoms with Crippen LogP contribution in [0.25, 0.3) is 11.0 Å². The van der Waals surface area contributed by atoms with Crippen molar-refractivity contribution in [1.82, 2.24) is 5.32 Å². The number of methoxy groups -OCH3 is 1. The molecule has 6 heteroatoms. The van der Waals surface area contributed by atoms with Gasteiger partial charge in [-0.05, 0) is 41.3 Å². The first-order valence-corrected chi connectivity index (χ1v) is 9.51. The summed E-state index contributed by atoms with van der Waals surface area (Å²) in [5.41, 5.74) is 2.85. The predicted molar refractivity (Wildman–Crippen MR) is 110 cm³/mol. The number of furan rings is 1. The summed E-state index contributed by atoms with van der Waals surface area (Å²) in [6.07, 6.45) is 0.665. The molecule has 0 aliphatic rings. The van der Waals surface area contributed by atoms with Gasteiger partial charge < -0.3 is 24.0 Å². The summed E-state index contributed by atoms with van der Waals surface area (Å²) in [4.78, 5) is 23.9. The minimum atomic E-state index is -0.767. The quantitative estimate of drug-likeness (QED) is 0.553. The lowest BCUT2D eigenvalue weighted by Crippen LogP contribution is -2.39. The molecule has 0 bridgehead atoms. The third-order valence-electron chi connectivity index (χ3n) is 4.66. The number of rotatable bonds is 9. The fourth-order valence-corrected chi connectivity index (χ4v) is 3.14. The van der Waals surface area contributed by atoms with E-state index in [9.17, 15) is 9.59 Å². The van der Waals surface area contributed by atoms with Crippen molar-refractivity contribution in [3.8, 4) is 5.75 Å². The van der Waals surface area contributed by atoms with Gasteiger partial charge in [0.15, 0.2) is 5.76 Å². The number of nitrogens with one attached hydrogen (secondary N) is 1. The summed E-state index contributed by atoms with van der Waals surface area (Å²) in [7, 11) is 1.57. The van der Waals surface area contributed by atoms with Crippen molar-refractivity contribution in [2.75, 3.05) is 13.7 Å². The molecule has 1 amide bonds. The molecule has 29 heavy (non-hydrogen) atoms. The van der Waals surface area contributed by atoms with E-state index < -0.39 is 11.9 Å². The number of hydrogen-bond donors (Lipinski definition) is 1. The van der Waals surface area contributed by atoms with Gasteiger partial charge in [-0.1, -0.05) is 38.1 Å². The average molecular weight is 395 g/mol. The average Bonchev–Trinajstić information content (AvgIpc) is 3.16. The zero-order valence-corrected chi connectivity index (χ0v) is 16.8. The Morgan fingerprint density at radius 2 is 1.97 bits per heavy atom. The van der Waals surface area contributed by atoms with E-state index in [4.69, 9.17) is 13.9 Å². The lowest BCUT2D eigenvalue weighted by molar-refractivity contribution is -0.110. The zero-order valence-electron chi connectivity index (χ0n) is 16.8. The molecule has 0 saturated carbocycles. The van der Waals surface area contributed by atoms with Gasteiger partial charge in [0.25, 0.3) is 5.91 Å². The predicted octanol–water partition coefficient (Wildman–Crippen LogP) is 4.08. The van der Waals surface area contributed by atoms with Crippen LogP contribution in [0.4, 0.5) is 0 Å². The first kappa shape index (κ1) is 20.6. The second-order valence-corrected chi connectivity index (χ2v) is 7.10. The van der Waals surface area contributed by atoms with Crippen LogP contribution in [0.3, 0.4) is 0 Å². The number of benzene rings is 2. The standard InChI is InChI=1S/C23H25NO5/c1-15(2)20-7-5-4-6-16(20)13-28-14-18(12-25)24-23(26)22-11-17-10-19(27-3)8-9-21(17)29-22/h4-12,15,18H,13-14H2,1-3H3,(H,24,26)/t18-/m1/s1. The summed E-state index contributed by atoms with van der Waals surface area (Å²) >= 11 is 0. The van der Waals surface area contributed by atoms with E-state index >= 15 is 0 Å². The molecule has 0 unspecified atom stereocenters. The first-order valence-electron chi connectivity index (χ1n) is 9.51. The Hall–Kier alpha value is -3.12. The summed E-state index contributed by atoms with van der Waals surface area (Å²) in [5, 5.41) is 3.39. The van der Waals surface area contributed by atoms with Crippen molar-refractivity contribution in [3.05, 3.63) is 65.4 Å². The number of hydrogen-bond acceptors (Lipinski definition) is 5. The molecule has 152 valence electrons. The van der Waals surface area contributed by atoms with Gasteiger partial charge in [-0.25, -0.2) is 0 Å². The Kier molecular flexibility index (Phi) is 6.67.